The van der Waals surface area contributed by atoms with Crippen LogP contribution in [0, 0.1) is 23.7 Å². The molecule has 0 bridgehead atoms. The molecule has 2 aromatic carbocycles. The number of hydrogen-bond acceptors (Lipinski definition) is 4. The van der Waals surface area contributed by atoms with Crippen molar-refractivity contribution in [2.75, 3.05) is 6.61 Å². The Balaban J connectivity index is 2.15. The van der Waals surface area contributed by atoms with Crippen LogP contribution in [0.3, 0.4) is 0 Å². The molecule has 0 radical (unpaired) electrons. The van der Waals surface area contributed by atoms with Gasteiger partial charge in [0.05, 0.1) is 17.7 Å². The van der Waals surface area contributed by atoms with Crippen molar-refractivity contribution in [2.45, 2.75) is 47.1 Å². The maximum atomic E-state index is 12.7. The van der Waals surface area contributed by atoms with Gasteiger partial charge in [-0.2, -0.15) is 0 Å². The van der Waals surface area contributed by atoms with Gasteiger partial charge in [0, 0.05) is 11.8 Å². The molecule has 2 rings (SSSR count). The van der Waals surface area contributed by atoms with E-state index in [2.05, 4.69) is 27.7 Å². The summed E-state index contributed by atoms with van der Waals surface area (Å²) in [6.45, 7) is 10.9. The second-order valence-electron chi connectivity index (χ2n) is 8.41. The predicted molar refractivity (Wildman–Crippen MR) is 119 cm³/mol. The predicted octanol–water partition coefficient (Wildman–Crippen LogP) is 6.02. The first-order chi connectivity index (χ1) is 14.3. The molecule has 0 aromatic heterocycles. The molecule has 4 nitrogen and oxygen atoms in total. The largest absolute Gasteiger partial charge is 0.462 e. The van der Waals surface area contributed by atoms with Gasteiger partial charge in [0.2, 0.25) is 0 Å². The van der Waals surface area contributed by atoms with E-state index in [-0.39, 0.29) is 41.7 Å². The minimum atomic E-state index is -0.321. The smallest absolute Gasteiger partial charge is 0.338 e. The van der Waals surface area contributed by atoms with Crippen molar-refractivity contribution in [1.82, 2.24) is 0 Å². The molecule has 0 aliphatic rings. The van der Waals surface area contributed by atoms with Gasteiger partial charge in [-0.25, -0.2) is 9.59 Å². The van der Waals surface area contributed by atoms with Gasteiger partial charge in [-0.15, -0.1) is 0 Å². The van der Waals surface area contributed by atoms with Crippen molar-refractivity contribution in [2.24, 2.45) is 23.7 Å². The van der Waals surface area contributed by atoms with E-state index in [1.165, 1.54) is 0 Å². The van der Waals surface area contributed by atoms with Crippen LogP contribution in [0.5, 0.6) is 0 Å². The highest BCUT2D eigenvalue weighted by Crippen LogP contribution is 2.34. The van der Waals surface area contributed by atoms with E-state index in [1.54, 1.807) is 24.3 Å². The molecule has 2 aromatic rings. The number of esters is 2. The van der Waals surface area contributed by atoms with Gasteiger partial charge >= 0.3 is 11.9 Å². The number of carbonyl (C=O) groups excluding carboxylic acids is 2. The number of carbonyl (C=O) groups is 2. The Labute approximate surface area is 180 Å². The van der Waals surface area contributed by atoms with Gasteiger partial charge in [0.15, 0.2) is 0 Å². The van der Waals surface area contributed by atoms with Gasteiger partial charge in [0.25, 0.3) is 0 Å². The lowest BCUT2D eigenvalue weighted by molar-refractivity contribution is -0.0324. The first-order valence-corrected chi connectivity index (χ1v) is 10.8. The Kier molecular flexibility index (Phi) is 9.10. The van der Waals surface area contributed by atoms with E-state index < -0.39 is 0 Å². The van der Waals surface area contributed by atoms with Crippen LogP contribution in [-0.2, 0) is 9.47 Å². The summed E-state index contributed by atoms with van der Waals surface area (Å²) in [6.07, 6.45) is 0.456. The second kappa shape index (κ2) is 11.5. The van der Waals surface area contributed by atoms with E-state index >= 15 is 0 Å². The molecule has 4 heteroatoms. The summed E-state index contributed by atoms with van der Waals surface area (Å²) in [5.41, 5.74) is 1.10. The molecule has 0 spiro atoms. The molecule has 3 unspecified atom stereocenters. The molecule has 0 N–H and O–H groups in total. The molecular weight excluding hydrogens is 376 g/mol. The lowest BCUT2D eigenvalue weighted by Crippen LogP contribution is -2.40. The number of ether oxygens (including phenoxy) is 2. The zero-order valence-electron chi connectivity index (χ0n) is 18.7. The van der Waals surface area contributed by atoms with E-state index in [0.29, 0.717) is 24.2 Å². The third kappa shape index (κ3) is 6.45. The molecule has 0 aliphatic carbocycles. The average molecular weight is 411 g/mol. The highest BCUT2D eigenvalue weighted by molar-refractivity contribution is 5.89. The van der Waals surface area contributed by atoms with Gasteiger partial charge in [-0.1, -0.05) is 71.0 Å². The maximum absolute atomic E-state index is 12.7. The van der Waals surface area contributed by atoms with Crippen molar-refractivity contribution in [1.29, 1.82) is 0 Å². The first kappa shape index (κ1) is 23.7. The van der Waals surface area contributed by atoms with E-state index in [0.717, 1.165) is 0 Å². The average Bonchev–Trinajstić information content (AvgIpc) is 2.75. The van der Waals surface area contributed by atoms with Crippen LogP contribution >= 0.6 is 0 Å². The van der Waals surface area contributed by atoms with Crippen molar-refractivity contribution in [3.8, 4) is 0 Å². The summed E-state index contributed by atoms with van der Waals surface area (Å²) in [6, 6.07) is 18.1. The zero-order chi connectivity index (χ0) is 22.1. The Bertz CT molecular complexity index is 783. The van der Waals surface area contributed by atoms with Crippen molar-refractivity contribution in [3.63, 3.8) is 0 Å². The quantitative estimate of drug-likeness (QED) is 0.449. The topological polar surface area (TPSA) is 52.6 Å². The molecule has 3 atom stereocenters. The molecule has 0 fully saturated rings. The lowest BCUT2D eigenvalue weighted by atomic mass is 9.73. The fourth-order valence-electron chi connectivity index (χ4n) is 3.99. The molecule has 0 heterocycles. The Morgan fingerprint density at radius 2 is 1.27 bits per heavy atom. The highest BCUT2D eigenvalue weighted by Gasteiger charge is 2.36. The van der Waals surface area contributed by atoms with Crippen molar-refractivity contribution in [3.05, 3.63) is 71.8 Å². The van der Waals surface area contributed by atoms with Crippen molar-refractivity contribution < 1.29 is 19.1 Å². The zero-order valence-corrected chi connectivity index (χ0v) is 18.7. The van der Waals surface area contributed by atoms with Crippen LogP contribution < -0.4 is 0 Å². The summed E-state index contributed by atoms with van der Waals surface area (Å²) >= 11 is 0. The van der Waals surface area contributed by atoms with Gasteiger partial charge in [0.1, 0.15) is 6.10 Å². The fraction of sp³-hybridized carbons (Fsp3) is 0.462. The van der Waals surface area contributed by atoms with Gasteiger partial charge in [-0.3, -0.25) is 0 Å². The Morgan fingerprint density at radius 3 is 1.70 bits per heavy atom. The Morgan fingerprint density at radius 1 is 0.767 bits per heavy atom. The van der Waals surface area contributed by atoms with Crippen LogP contribution in [0.25, 0.3) is 0 Å². The summed E-state index contributed by atoms with van der Waals surface area (Å²) in [5, 5.41) is 0. The molecule has 0 saturated heterocycles. The summed E-state index contributed by atoms with van der Waals surface area (Å²) in [5.74, 6) is 0.0548. The molecular formula is C26H34O4. The highest BCUT2D eigenvalue weighted by atomic mass is 16.5. The van der Waals surface area contributed by atoms with E-state index in [4.69, 9.17) is 9.47 Å². The standard InChI is InChI=1S/C26H34O4/c1-6-23(30-26(28)21-15-11-8-12-16-21)24(19(4)5)22(18(2)3)17-29-25(27)20-13-9-7-10-14-20/h7-16,18-19,22-24H,6,17H2,1-5H3. The normalized spacial score (nSPS) is 14.2. The molecule has 30 heavy (non-hydrogen) atoms. The van der Waals surface area contributed by atoms with Gasteiger partial charge in [-0.05, 0) is 42.5 Å². The Hall–Kier alpha value is -2.62. The summed E-state index contributed by atoms with van der Waals surface area (Å²) < 4.78 is 11.6. The number of benzene rings is 2. The van der Waals surface area contributed by atoms with Crippen LogP contribution in [0.4, 0.5) is 0 Å². The van der Waals surface area contributed by atoms with Gasteiger partial charge < -0.3 is 9.47 Å². The first-order valence-electron chi connectivity index (χ1n) is 10.8. The minimum absolute atomic E-state index is 0.0752. The third-order valence-corrected chi connectivity index (χ3v) is 5.64. The lowest BCUT2D eigenvalue weighted by Gasteiger charge is -2.37. The molecule has 0 amide bonds. The number of hydrogen-bond donors (Lipinski definition) is 0. The summed E-state index contributed by atoms with van der Waals surface area (Å²) in [7, 11) is 0. The van der Waals surface area contributed by atoms with E-state index in [1.807, 2.05) is 43.3 Å². The molecule has 0 aliphatic heterocycles. The fourth-order valence-corrected chi connectivity index (χ4v) is 3.99. The van der Waals surface area contributed by atoms with Crippen LogP contribution in [0.2, 0.25) is 0 Å². The van der Waals surface area contributed by atoms with Crippen LogP contribution in [0.1, 0.15) is 61.8 Å². The third-order valence-electron chi connectivity index (χ3n) is 5.64. The summed E-state index contributed by atoms with van der Waals surface area (Å²) in [4.78, 5) is 25.1. The van der Waals surface area contributed by atoms with Crippen LogP contribution in [-0.4, -0.2) is 24.6 Å². The SMILES string of the molecule is CCC(OC(=O)c1ccccc1)C(C(C)C)C(COC(=O)c1ccccc1)C(C)C. The van der Waals surface area contributed by atoms with E-state index in [9.17, 15) is 9.59 Å². The molecule has 162 valence electrons. The minimum Gasteiger partial charge on any atom is -0.462 e. The monoisotopic (exact) mass is 410 g/mol. The van der Waals surface area contributed by atoms with Crippen LogP contribution in [0.15, 0.2) is 60.7 Å². The second-order valence-corrected chi connectivity index (χ2v) is 8.41. The maximum Gasteiger partial charge on any atom is 0.338 e. The number of rotatable bonds is 10. The van der Waals surface area contributed by atoms with Crippen molar-refractivity contribution >= 4 is 11.9 Å². The molecule has 0 saturated carbocycles.